The standard InChI is InChI=1S/C11H9N3O/c1-9(10-5-2-3-7-12-10)14-11(15)6-4-8-13-14/h2-8H,1H2. The van der Waals surface area contributed by atoms with Gasteiger partial charge in [-0.15, -0.1) is 0 Å². The van der Waals surface area contributed by atoms with E-state index in [4.69, 9.17) is 0 Å². The normalized spacial score (nSPS) is 9.87. The van der Waals surface area contributed by atoms with Crippen LogP contribution < -0.4 is 5.56 Å². The molecule has 2 aromatic rings. The van der Waals surface area contributed by atoms with E-state index in [1.54, 1.807) is 24.4 Å². The SMILES string of the molecule is C=C(c1ccccn1)n1ncccc1=O. The fourth-order valence-electron chi connectivity index (χ4n) is 1.20. The Morgan fingerprint density at radius 3 is 2.73 bits per heavy atom. The van der Waals surface area contributed by atoms with Gasteiger partial charge in [0.15, 0.2) is 0 Å². The van der Waals surface area contributed by atoms with E-state index < -0.39 is 0 Å². The van der Waals surface area contributed by atoms with Gasteiger partial charge in [-0.1, -0.05) is 12.6 Å². The zero-order valence-corrected chi connectivity index (χ0v) is 8.00. The maximum atomic E-state index is 11.4. The molecule has 0 aliphatic carbocycles. The smallest absolute Gasteiger partial charge is 0.267 e. The Morgan fingerprint density at radius 2 is 2.07 bits per heavy atom. The highest BCUT2D eigenvalue weighted by Gasteiger charge is 2.04. The van der Waals surface area contributed by atoms with Gasteiger partial charge in [-0.25, -0.2) is 0 Å². The fourth-order valence-corrected chi connectivity index (χ4v) is 1.20. The predicted octanol–water partition coefficient (Wildman–Crippen LogP) is 1.16. The number of hydrogen-bond donors (Lipinski definition) is 0. The van der Waals surface area contributed by atoms with Crippen LogP contribution in [0.2, 0.25) is 0 Å². The van der Waals surface area contributed by atoms with Gasteiger partial charge in [-0.05, 0) is 18.2 Å². The first kappa shape index (κ1) is 9.33. The number of aromatic nitrogens is 3. The van der Waals surface area contributed by atoms with Crippen molar-refractivity contribution >= 4 is 5.70 Å². The molecule has 2 heterocycles. The Labute approximate surface area is 86.5 Å². The molecule has 4 heteroatoms. The van der Waals surface area contributed by atoms with Crippen molar-refractivity contribution in [3.8, 4) is 0 Å². The molecule has 15 heavy (non-hydrogen) atoms. The molecule has 0 bridgehead atoms. The molecule has 4 nitrogen and oxygen atoms in total. The van der Waals surface area contributed by atoms with Crippen molar-refractivity contribution in [3.05, 3.63) is 65.4 Å². The van der Waals surface area contributed by atoms with E-state index in [0.717, 1.165) is 0 Å². The zero-order chi connectivity index (χ0) is 10.7. The fraction of sp³-hybridized carbons (Fsp3) is 0. The van der Waals surface area contributed by atoms with Crippen molar-refractivity contribution in [2.45, 2.75) is 0 Å². The van der Waals surface area contributed by atoms with Gasteiger partial charge in [0.1, 0.15) is 0 Å². The second-order valence-electron chi connectivity index (χ2n) is 2.94. The summed E-state index contributed by atoms with van der Waals surface area (Å²) in [5.74, 6) is 0. The van der Waals surface area contributed by atoms with Crippen molar-refractivity contribution in [3.63, 3.8) is 0 Å². The first-order valence-corrected chi connectivity index (χ1v) is 4.44. The van der Waals surface area contributed by atoms with Crippen LogP contribution in [0.1, 0.15) is 5.69 Å². The molecule has 0 atom stereocenters. The molecule has 0 saturated heterocycles. The number of rotatable bonds is 2. The van der Waals surface area contributed by atoms with Gasteiger partial charge in [0.2, 0.25) is 0 Å². The summed E-state index contributed by atoms with van der Waals surface area (Å²) in [6.07, 6.45) is 3.18. The summed E-state index contributed by atoms with van der Waals surface area (Å²) in [5, 5.41) is 3.92. The monoisotopic (exact) mass is 199 g/mol. The van der Waals surface area contributed by atoms with Gasteiger partial charge >= 0.3 is 0 Å². The highest BCUT2D eigenvalue weighted by Crippen LogP contribution is 2.07. The van der Waals surface area contributed by atoms with Crippen molar-refractivity contribution in [1.29, 1.82) is 0 Å². The lowest BCUT2D eigenvalue weighted by molar-refractivity contribution is 0.824. The van der Waals surface area contributed by atoms with E-state index in [1.165, 1.54) is 16.9 Å². The van der Waals surface area contributed by atoms with Gasteiger partial charge in [-0.3, -0.25) is 9.78 Å². The first-order valence-electron chi connectivity index (χ1n) is 4.44. The Bertz CT molecular complexity index is 531. The molecule has 0 radical (unpaired) electrons. The summed E-state index contributed by atoms with van der Waals surface area (Å²) in [4.78, 5) is 15.5. The van der Waals surface area contributed by atoms with Crippen LogP contribution in [0.4, 0.5) is 0 Å². The second-order valence-corrected chi connectivity index (χ2v) is 2.94. The van der Waals surface area contributed by atoms with Gasteiger partial charge in [0.05, 0.1) is 11.4 Å². The summed E-state index contributed by atoms with van der Waals surface area (Å²) >= 11 is 0. The largest absolute Gasteiger partial charge is 0.271 e. The molecule has 0 spiro atoms. The van der Waals surface area contributed by atoms with Gasteiger partial charge in [-0.2, -0.15) is 9.78 Å². The highest BCUT2D eigenvalue weighted by molar-refractivity contribution is 5.58. The van der Waals surface area contributed by atoms with Crippen molar-refractivity contribution < 1.29 is 0 Å². The third kappa shape index (κ3) is 1.83. The van der Waals surface area contributed by atoms with Crippen LogP contribution in [-0.2, 0) is 0 Å². The van der Waals surface area contributed by atoms with E-state index in [2.05, 4.69) is 16.7 Å². The average molecular weight is 199 g/mol. The molecule has 2 rings (SSSR count). The predicted molar refractivity (Wildman–Crippen MR) is 57.2 cm³/mol. The van der Waals surface area contributed by atoms with Gasteiger partial charge in [0, 0.05) is 18.5 Å². The lowest BCUT2D eigenvalue weighted by atomic mass is 10.3. The molecule has 0 aliphatic heterocycles. The molecule has 0 fully saturated rings. The minimum absolute atomic E-state index is 0.215. The number of hydrogen-bond acceptors (Lipinski definition) is 3. The first-order chi connectivity index (χ1) is 7.29. The molecule has 0 amide bonds. The summed E-state index contributed by atoms with van der Waals surface area (Å²) in [6, 6.07) is 8.44. The van der Waals surface area contributed by atoms with Crippen molar-refractivity contribution in [2.24, 2.45) is 0 Å². The third-order valence-corrected chi connectivity index (χ3v) is 1.93. The lowest BCUT2D eigenvalue weighted by Gasteiger charge is -2.05. The minimum Gasteiger partial charge on any atom is -0.267 e. The van der Waals surface area contributed by atoms with Crippen LogP contribution in [0, 0.1) is 0 Å². The van der Waals surface area contributed by atoms with Crippen LogP contribution in [0.25, 0.3) is 5.70 Å². The summed E-state index contributed by atoms with van der Waals surface area (Å²) < 4.78 is 1.22. The van der Waals surface area contributed by atoms with Crippen LogP contribution >= 0.6 is 0 Å². The molecule has 0 aliphatic rings. The van der Waals surface area contributed by atoms with Crippen molar-refractivity contribution in [1.82, 2.24) is 14.8 Å². The summed E-state index contributed by atoms with van der Waals surface area (Å²) in [5.41, 5.74) is 0.896. The maximum absolute atomic E-state index is 11.4. The maximum Gasteiger partial charge on any atom is 0.271 e. The third-order valence-electron chi connectivity index (χ3n) is 1.93. The lowest BCUT2D eigenvalue weighted by Crippen LogP contribution is -2.20. The molecule has 0 aromatic carbocycles. The summed E-state index contributed by atoms with van der Waals surface area (Å²) in [6.45, 7) is 3.79. The average Bonchev–Trinajstić information content (AvgIpc) is 2.30. The molecule has 0 N–H and O–H groups in total. The topological polar surface area (TPSA) is 47.8 Å². The molecule has 2 aromatic heterocycles. The van der Waals surface area contributed by atoms with Crippen LogP contribution in [0.5, 0.6) is 0 Å². The van der Waals surface area contributed by atoms with E-state index in [0.29, 0.717) is 11.4 Å². The minimum atomic E-state index is -0.215. The van der Waals surface area contributed by atoms with Gasteiger partial charge < -0.3 is 0 Å². The van der Waals surface area contributed by atoms with Crippen molar-refractivity contribution in [2.75, 3.05) is 0 Å². The Morgan fingerprint density at radius 1 is 1.20 bits per heavy atom. The number of nitrogens with zero attached hydrogens (tertiary/aromatic N) is 3. The molecule has 74 valence electrons. The molecular weight excluding hydrogens is 190 g/mol. The Kier molecular flexibility index (Phi) is 2.41. The Hall–Kier alpha value is -2.23. The quantitative estimate of drug-likeness (QED) is 0.729. The Balaban J connectivity index is 2.47. The molecule has 0 unspecified atom stereocenters. The van der Waals surface area contributed by atoms with E-state index in [-0.39, 0.29) is 5.56 Å². The van der Waals surface area contributed by atoms with Gasteiger partial charge in [0.25, 0.3) is 5.56 Å². The number of pyridine rings is 1. The van der Waals surface area contributed by atoms with Crippen LogP contribution in [0.15, 0.2) is 54.1 Å². The highest BCUT2D eigenvalue weighted by atomic mass is 16.1. The van der Waals surface area contributed by atoms with E-state index >= 15 is 0 Å². The second kappa shape index (κ2) is 3.88. The zero-order valence-electron chi connectivity index (χ0n) is 8.00. The summed E-state index contributed by atoms with van der Waals surface area (Å²) in [7, 11) is 0. The molecule has 0 saturated carbocycles. The van der Waals surface area contributed by atoms with E-state index in [1.807, 2.05) is 6.07 Å². The van der Waals surface area contributed by atoms with Crippen LogP contribution in [-0.4, -0.2) is 14.8 Å². The molecular formula is C11H9N3O. The van der Waals surface area contributed by atoms with Crippen LogP contribution in [0.3, 0.4) is 0 Å². The van der Waals surface area contributed by atoms with E-state index in [9.17, 15) is 4.79 Å².